The van der Waals surface area contributed by atoms with Gasteiger partial charge in [-0.05, 0) is 79.1 Å². The second kappa shape index (κ2) is 10.7. The lowest BCUT2D eigenvalue weighted by atomic mass is 10.0. The monoisotopic (exact) mass is 558 g/mol. The summed E-state index contributed by atoms with van der Waals surface area (Å²) in [6.07, 6.45) is 4.12. The van der Waals surface area contributed by atoms with Crippen LogP contribution in [0.1, 0.15) is 54.7 Å². The van der Waals surface area contributed by atoms with Crippen LogP contribution >= 0.6 is 0 Å². The Hall–Kier alpha value is -4.36. The molecule has 1 atom stereocenters. The molecule has 1 aliphatic rings. The molecule has 0 saturated heterocycles. The van der Waals surface area contributed by atoms with Crippen molar-refractivity contribution in [3.63, 3.8) is 0 Å². The third-order valence-electron chi connectivity index (χ3n) is 7.29. The normalized spacial score (nSPS) is 14.1. The number of nitriles is 1. The Labute approximate surface area is 231 Å². The first-order valence-corrected chi connectivity index (χ1v) is 14.4. The van der Waals surface area contributed by atoms with Gasteiger partial charge in [-0.2, -0.15) is 14.6 Å². The second-order valence-electron chi connectivity index (χ2n) is 9.97. The molecule has 2 aromatic heterocycles. The molecule has 0 aliphatic heterocycles. The number of hydrogen-bond acceptors (Lipinski definition) is 7. The maximum atomic E-state index is 14.0. The van der Waals surface area contributed by atoms with Crippen molar-refractivity contribution in [2.45, 2.75) is 55.4 Å². The Morgan fingerprint density at radius 1 is 1.18 bits per heavy atom. The van der Waals surface area contributed by atoms with Crippen molar-refractivity contribution < 1.29 is 17.9 Å². The lowest BCUT2D eigenvalue weighted by Crippen LogP contribution is -2.27. The minimum absolute atomic E-state index is 0.210. The smallest absolute Gasteiger partial charge is 0.296 e. The van der Waals surface area contributed by atoms with E-state index in [1.54, 1.807) is 37.3 Å². The summed E-state index contributed by atoms with van der Waals surface area (Å²) in [5.74, 6) is -0.690. The second-order valence-corrected chi connectivity index (χ2v) is 11.9. The Bertz CT molecular complexity index is 1810. The van der Waals surface area contributed by atoms with Crippen molar-refractivity contribution in [2.24, 2.45) is 5.92 Å². The van der Waals surface area contributed by atoms with Crippen LogP contribution in [0.4, 0.5) is 4.39 Å². The molecule has 0 unspecified atom stereocenters. The highest BCUT2D eigenvalue weighted by Gasteiger charge is 2.34. The standard InChI is InChI=1S/C30H27FN4O4S/c1-3-25(22-6-4-5-20(15-22)17-32)35-26(16-19-7-8-19)34-29(36)27(30(35)37)40(38,39)23-11-9-21(10-12-23)24-13-14-33-28(31)18(24)2/h4-6,9-15,19,25,37H,3,7-8,16H2,1-2H3/t25-/m0/s1. The van der Waals surface area contributed by atoms with Crippen LogP contribution in [-0.4, -0.2) is 28.1 Å². The van der Waals surface area contributed by atoms with Crippen LogP contribution in [0.5, 0.6) is 5.88 Å². The molecule has 4 aromatic rings. The molecule has 0 bridgehead atoms. The van der Waals surface area contributed by atoms with E-state index in [0.717, 1.165) is 12.8 Å². The zero-order valence-electron chi connectivity index (χ0n) is 22.0. The van der Waals surface area contributed by atoms with Crippen LogP contribution < -0.4 is 5.56 Å². The van der Waals surface area contributed by atoms with E-state index in [2.05, 4.69) is 16.0 Å². The molecular formula is C30H27FN4O4S. The highest BCUT2D eigenvalue weighted by Crippen LogP contribution is 2.37. The van der Waals surface area contributed by atoms with E-state index in [1.807, 2.05) is 6.92 Å². The van der Waals surface area contributed by atoms with Gasteiger partial charge in [-0.3, -0.25) is 9.36 Å². The van der Waals surface area contributed by atoms with E-state index in [1.165, 1.54) is 35.0 Å². The molecule has 0 radical (unpaired) electrons. The fourth-order valence-corrected chi connectivity index (χ4v) is 6.32. The Morgan fingerprint density at radius 2 is 1.90 bits per heavy atom. The van der Waals surface area contributed by atoms with Crippen molar-refractivity contribution in [1.29, 1.82) is 5.26 Å². The minimum atomic E-state index is -4.49. The van der Waals surface area contributed by atoms with Crippen LogP contribution in [0, 0.1) is 30.1 Å². The Morgan fingerprint density at radius 3 is 2.55 bits per heavy atom. The maximum Gasteiger partial charge on any atom is 0.296 e. The number of halogens is 1. The van der Waals surface area contributed by atoms with E-state index in [4.69, 9.17) is 0 Å². The van der Waals surface area contributed by atoms with Gasteiger partial charge >= 0.3 is 0 Å². The first kappa shape index (κ1) is 27.2. The van der Waals surface area contributed by atoms with Gasteiger partial charge in [-0.1, -0.05) is 31.2 Å². The number of aromatic hydroxyl groups is 1. The lowest BCUT2D eigenvalue weighted by Gasteiger charge is -2.25. The predicted octanol–water partition coefficient (Wildman–Crippen LogP) is 5.11. The average molecular weight is 559 g/mol. The van der Waals surface area contributed by atoms with Crippen molar-refractivity contribution >= 4 is 9.84 Å². The van der Waals surface area contributed by atoms with Gasteiger partial charge in [0.05, 0.1) is 22.6 Å². The number of pyridine rings is 1. The van der Waals surface area contributed by atoms with Crippen LogP contribution in [0.25, 0.3) is 11.1 Å². The van der Waals surface area contributed by atoms with Gasteiger partial charge in [-0.15, -0.1) is 0 Å². The first-order chi connectivity index (χ1) is 19.1. The van der Waals surface area contributed by atoms with Gasteiger partial charge in [0, 0.05) is 18.2 Å². The lowest BCUT2D eigenvalue weighted by molar-refractivity contribution is 0.357. The largest absolute Gasteiger partial charge is 0.493 e. The summed E-state index contributed by atoms with van der Waals surface area (Å²) in [5.41, 5.74) is 1.53. The molecule has 1 saturated carbocycles. The fourth-order valence-electron chi connectivity index (χ4n) is 4.97. The van der Waals surface area contributed by atoms with E-state index in [-0.39, 0.29) is 4.90 Å². The summed E-state index contributed by atoms with van der Waals surface area (Å²) >= 11 is 0. The zero-order valence-corrected chi connectivity index (χ0v) is 22.8. The van der Waals surface area contributed by atoms with Crippen LogP contribution in [0.2, 0.25) is 0 Å². The molecule has 5 rings (SSSR count). The fraction of sp³-hybridized carbons (Fsp3) is 0.267. The summed E-state index contributed by atoms with van der Waals surface area (Å²) < 4.78 is 42.9. The third kappa shape index (κ3) is 5.00. The molecule has 0 amide bonds. The predicted molar refractivity (Wildman–Crippen MR) is 146 cm³/mol. The number of sulfone groups is 1. The summed E-state index contributed by atoms with van der Waals surface area (Å²) in [6.45, 7) is 3.45. The van der Waals surface area contributed by atoms with E-state index in [9.17, 15) is 28.0 Å². The molecule has 1 N–H and O–H groups in total. The van der Waals surface area contributed by atoms with Crippen molar-refractivity contribution in [2.75, 3.05) is 0 Å². The Kier molecular flexibility index (Phi) is 7.25. The Balaban J connectivity index is 1.64. The zero-order chi connectivity index (χ0) is 28.6. The molecule has 40 heavy (non-hydrogen) atoms. The van der Waals surface area contributed by atoms with E-state index in [0.29, 0.717) is 52.4 Å². The van der Waals surface area contributed by atoms with Gasteiger partial charge in [-0.25, -0.2) is 13.4 Å². The molecule has 1 aliphatic carbocycles. The summed E-state index contributed by atoms with van der Waals surface area (Å²) in [6, 6.07) is 15.7. The summed E-state index contributed by atoms with van der Waals surface area (Å²) in [4.78, 5) is 20.0. The first-order valence-electron chi connectivity index (χ1n) is 13.0. The van der Waals surface area contributed by atoms with Gasteiger partial charge < -0.3 is 5.11 Å². The van der Waals surface area contributed by atoms with Crippen LogP contribution in [-0.2, 0) is 16.3 Å². The SMILES string of the molecule is CC[C@@H](c1cccc(C#N)c1)n1c(CC2CC2)nc(=O)c(S(=O)(=O)c2ccc(-c3ccnc(F)c3C)cc2)c1O. The van der Waals surface area contributed by atoms with Gasteiger partial charge in [0.2, 0.25) is 21.7 Å². The van der Waals surface area contributed by atoms with E-state index < -0.39 is 38.2 Å². The number of hydrogen-bond donors (Lipinski definition) is 1. The molecule has 2 heterocycles. The van der Waals surface area contributed by atoms with Crippen molar-refractivity contribution in [3.05, 3.63) is 99.6 Å². The number of benzene rings is 2. The molecule has 0 spiro atoms. The van der Waals surface area contributed by atoms with Gasteiger partial charge in [0.15, 0.2) is 4.90 Å². The average Bonchev–Trinajstić information content (AvgIpc) is 3.76. The molecule has 8 nitrogen and oxygen atoms in total. The minimum Gasteiger partial charge on any atom is -0.493 e. The molecule has 2 aromatic carbocycles. The highest BCUT2D eigenvalue weighted by atomic mass is 32.2. The summed E-state index contributed by atoms with van der Waals surface area (Å²) in [5, 5.41) is 20.9. The maximum absolute atomic E-state index is 14.0. The molecule has 10 heteroatoms. The number of rotatable bonds is 8. The van der Waals surface area contributed by atoms with E-state index >= 15 is 0 Å². The van der Waals surface area contributed by atoms with Gasteiger partial charge in [0.1, 0.15) is 5.82 Å². The summed E-state index contributed by atoms with van der Waals surface area (Å²) in [7, 11) is -4.49. The van der Waals surface area contributed by atoms with Gasteiger partial charge in [0.25, 0.3) is 5.56 Å². The highest BCUT2D eigenvalue weighted by molar-refractivity contribution is 7.91. The quantitative estimate of drug-likeness (QED) is 0.298. The van der Waals surface area contributed by atoms with Crippen LogP contribution in [0.15, 0.2) is 75.4 Å². The number of nitrogens with zero attached hydrogens (tertiary/aromatic N) is 4. The molecule has 204 valence electrons. The van der Waals surface area contributed by atoms with Crippen molar-refractivity contribution in [1.82, 2.24) is 14.5 Å². The third-order valence-corrected chi connectivity index (χ3v) is 9.08. The van der Waals surface area contributed by atoms with Crippen LogP contribution in [0.3, 0.4) is 0 Å². The van der Waals surface area contributed by atoms with Crippen molar-refractivity contribution in [3.8, 4) is 23.1 Å². The topological polar surface area (TPSA) is 126 Å². The molecular weight excluding hydrogens is 531 g/mol. The molecule has 1 fully saturated rings. The number of aromatic nitrogens is 3.